The van der Waals surface area contributed by atoms with Gasteiger partial charge in [0.05, 0.1) is 21.9 Å². The van der Waals surface area contributed by atoms with Crippen LogP contribution < -0.4 is 20.8 Å². The standard InChI is InChI=1S/C23H17Cl3N4O4/c24-15-3-1-4-16(11-15)28-20(31)13-34-17-9-7-14(8-10-17)12-27-30-23(33)22(32)29-19-6-2-5-18(25)21(19)26/h1-12H,13H2,(H,28,31)(H,29,32)(H,30,33)/b27-12-. The molecule has 0 unspecified atom stereocenters. The normalized spacial score (nSPS) is 10.6. The van der Waals surface area contributed by atoms with Crippen LogP contribution in [0.2, 0.25) is 15.1 Å². The molecule has 0 saturated heterocycles. The van der Waals surface area contributed by atoms with Crippen LogP contribution in [0, 0.1) is 0 Å². The molecule has 0 aliphatic rings. The molecule has 0 aliphatic carbocycles. The van der Waals surface area contributed by atoms with E-state index in [2.05, 4.69) is 21.2 Å². The Hall–Kier alpha value is -3.59. The van der Waals surface area contributed by atoms with E-state index in [4.69, 9.17) is 39.5 Å². The molecule has 0 heterocycles. The first-order valence-electron chi connectivity index (χ1n) is 9.68. The van der Waals surface area contributed by atoms with Gasteiger partial charge in [-0.3, -0.25) is 14.4 Å². The maximum Gasteiger partial charge on any atom is 0.329 e. The predicted octanol–water partition coefficient (Wildman–Crippen LogP) is 4.75. The summed E-state index contributed by atoms with van der Waals surface area (Å²) in [5, 5.41) is 9.65. The second kappa shape index (κ2) is 12.0. The summed E-state index contributed by atoms with van der Waals surface area (Å²) in [7, 11) is 0. The lowest BCUT2D eigenvalue weighted by Gasteiger charge is -2.08. The van der Waals surface area contributed by atoms with Crippen LogP contribution in [0.15, 0.2) is 71.8 Å². The maximum absolute atomic E-state index is 12.0. The van der Waals surface area contributed by atoms with Gasteiger partial charge in [-0.1, -0.05) is 46.9 Å². The Morgan fingerprint density at radius 3 is 2.35 bits per heavy atom. The molecule has 0 atom stereocenters. The van der Waals surface area contributed by atoms with Crippen LogP contribution in [-0.2, 0) is 14.4 Å². The molecule has 11 heteroatoms. The van der Waals surface area contributed by atoms with E-state index in [9.17, 15) is 14.4 Å². The summed E-state index contributed by atoms with van der Waals surface area (Å²) >= 11 is 17.7. The molecule has 34 heavy (non-hydrogen) atoms. The molecule has 3 aromatic carbocycles. The van der Waals surface area contributed by atoms with Crippen molar-refractivity contribution in [3.63, 3.8) is 0 Å². The zero-order valence-electron chi connectivity index (χ0n) is 17.3. The molecule has 174 valence electrons. The van der Waals surface area contributed by atoms with Crippen molar-refractivity contribution in [2.75, 3.05) is 17.2 Å². The zero-order valence-corrected chi connectivity index (χ0v) is 19.6. The Morgan fingerprint density at radius 1 is 0.882 bits per heavy atom. The lowest BCUT2D eigenvalue weighted by molar-refractivity contribution is -0.136. The van der Waals surface area contributed by atoms with Crippen LogP contribution in [0.4, 0.5) is 11.4 Å². The molecule has 3 N–H and O–H groups in total. The molecule has 0 bridgehead atoms. The Bertz CT molecular complexity index is 1230. The number of nitrogens with zero attached hydrogens (tertiary/aromatic N) is 1. The van der Waals surface area contributed by atoms with Crippen molar-refractivity contribution in [1.82, 2.24) is 5.43 Å². The van der Waals surface area contributed by atoms with Crippen molar-refractivity contribution in [1.29, 1.82) is 0 Å². The lowest BCUT2D eigenvalue weighted by Crippen LogP contribution is -2.32. The number of hydrazone groups is 1. The summed E-state index contributed by atoms with van der Waals surface area (Å²) in [6.07, 6.45) is 1.34. The summed E-state index contributed by atoms with van der Waals surface area (Å²) in [5.74, 6) is -1.83. The van der Waals surface area contributed by atoms with Crippen LogP contribution in [0.5, 0.6) is 5.75 Å². The highest BCUT2D eigenvalue weighted by molar-refractivity contribution is 6.45. The fraction of sp³-hybridized carbons (Fsp3) is 0.0435. The van der Waals surface area contributed by atoms with E-state index in [-0.39, 0.29) is 28.2 Å². The monoisotopic (exact) mass is 518 g/mol. The van der Waals surface area contributed by atoms with E-state index in [0.717, 1.165) is 0 Å². The Morgan fingerprint density at radius 2 is 1.62 bits per heavy atom. The molecule has 0 aromatic heterocycles. The fourth-order valence-corrected chi connectivity index (χ4v) is 3.10. The molecular formula is C23H17Cl3N4O4. The second-order valence-corrected chi connectivity index (χ2v) is 7.89. The first-order valence-corrected chi connectivity index (χ1v) is 10.8. The van der Waals surface area contributed by atoms with Crippen LogP contribution in [-0.4, -0.2) is 30.5 Å². The molecule has 0 radical (unpaired) electrons. The minimum Gasteiger partial charge on any atom is -0.484 e. The quantitative estimate of drug-likeness (QED) is 0.238. The molecule has 8 nitrogen and oxygen atoms in total. The van der Waals surface area contributed by atoms with Crippen molar-refractivity contribution in [2.24, 2.45) is 5.10 Å². The van der Waals surface area contributed by atoms with Crippen LogP contribution in [0.3, 0.4) is 0 Å². The summed E-state index contributed by atoms with van der Waals surface area (Å²) in [6.45, 7) is -0.193. The van der Waals surface area contributed by atoms with Gasteiger partial charge in [-0.05, 0) is 60.2 Å². The molecule has 0 saturated carbocycles. The number of nitrogens with one attached hydrogen (secondary N) is 3. The van der Waals surface area contributed by atoms with Gasteiger partial charge >= 0.3 is 11.8 Å². The summed E-state index contributed by atoms with van der Waals surface area (Å²) in [4.78, 5) is 35.9. The number of benzene rings is 3. The largest absolute Gasteiger partial charge is 0.484 e. The van der Waals surface area contributed by atoms with Crippen molar-refractivity contribution in [3.05, 3.63) is 87.4 Å². The Labute approximate surface area is 209 Å². The maximum atomic E-state index is 12.0. The Balaban J connectivity index is 1.45. The van der Waals surface area contributed by atoms with Crippen molar-refractivity contribution in [3.8, 4) is 5.75 Å². The van der Waals surface area contributed by atoms with Gasteiger partial charge < -0.3 is 15.4 Å². The van der Waals surface area contributed by atoms with E-state index < -0.39 is 11.8 Å². The highest BCUT2D eigenvalue weighted by Gasteiger charge is 2.15. The van der Waals surface area contributed by atoms with Gasteiger partial charge in [-0.15, -0.1) is 0 Å². The fourth-order valence-electron chi connectivity index (χ4n) is 2.56. The first-order chi connectivity index (χ1) is 16.3. The first kappa shape index (κ1) is 25.0. The predicted molar refractivity (Wildman–Crippen MR) is 133 cm³/mol. The number of halogens is 3. The minimum atomic E-state index is -0.988. The van der Waals surface area contributed by atoms with Gasteiger partial charge in [0.2, 0.25) is 0 Å². The smallest absolute Gasteiger partial charge is 0.329 e. The highest BCUT2D eigenvalue weighted by atomic mass is 35.5. The number of amides is 3. The number of carbonyl (C=O) groups excluding carboxylic acids is 3. The lowest BCUT2D eigenvalue weighted by atomic mass is 10.2. The average Bonchev–Trinajstić information content (AvgIpc) is 2.81. The summed E-state index contributed by atoms with van der Waals surface area (Å²) in [6, 6.07) is 18.0. The van der Waals surface area contributed by atoms with Crippen LogP contribution >= 0.6 is 34.8 Å². The SMILES string of the molecule is O=C(COc1ccc(/C=N\NC(=O)C(=O)Nc2cccc(Cl)c2Cl)cc1)Nc1cccc(Cl)c1. The van der Waals surface area contributed by atoms with E-state index in [1.54, 1.807) is 60.7 Å². The van der Waals surface area contributed by atoms with Gasteiger partial charge in [-0.25, -0.2) is 5.43 Å². The van der Waals surface area contributed by atoms with Gasteiger partial charge in [0.1, 0.15) is 5.75 Å². The van der Waals surface area contributed by atoms with E-state index in [1.165, 1.54) is 12.3 Å². The molecule has 3 aromatic rings. The van der Waals surface area contributed by atoms with Gasteiger partial charge in [-0.2, -0.15) is 5.10 Å². The molecule has 0 fully saturated rings. The number of rotatable bonds is 7. The van der Waals surface area contributed by atoms with Crippen molar-refractivity contribution in [2.45, 2.75) is 0 Å². The van der Waals surface area contributed by atoms with Gasteiger partial charge in [0.25, 0.3) is 5.91 Å². The molecule has 0 aliphatic heterocycles. The van der Waals surface area contributed by atoms with Crippen LogP contribution in [0.25, 0.3) is 0 Å². The second-order valence-electron chi connectivity index (χ2n) is 6.67. The van der Waals surface area contributed by atoms with E-state index in [1.807, 2.05) is 0 Å². The van der Waals surface area contributed by atoms with E-state index in [0.29, 0.717) is 22.0 Å². The number of hydrogen-bond donors (Lipinski definition) is 3. The minimum absolute atomic E-state index is 0.123. The Kier molecular flexibility index (Phi) is 8.86. The highest BCUT2D eigenvalue weighted by Crippen LogP contribution is 2.29. The third-order valence-electron chi connectivity index (χ3n) is 4.14. The summed E-state index contributed by atoms with van der Waals surface area (Å²) < 4.78 is 5.44. The number of ether oxygens (including phenoxy) is 1. The van der Waals surface area contributed by atoms with Gasteiger partial charge in [0, 0.05) is 10.7 Å². The van der Waals surface area contributed by atoms with Gasteiger partial charge in [0.15, 0.2) is 6.61 Å². The van der Waals surface area contributed by atoms with Crippen molar-refractivity contribution < 1.29 is 19.1 Å². The third-order valence-corrected chi connectivity index (χ3v) is 5.20. The van der Waals surface area contributed by atoms with Crippen molar-refractivity contribution >= 4 is 70.1 Å². The number of carbonyl (C=O) groups is 3. The van der Waals surface area contributed by atoms with Crippen LogP contribution in [0.1, 0.15) is 5.56 Å². The molecule has 3 rings (SSSR count). The third kappa shape index (κ3) is 7.48. The molecule has 3 amide bonds. The van der Waals surface area contributed by atoms with E-state index >= 15 is 0 Å². The average molecular weight is 520 g/mol. The molecular weight excluding hydrogens is 503 g/mol. The zero-order chi connectivity index (χ0) is 24.5. The number of hydrogen-bond acceptors (Lipinski definition) is 5. The topological polar surface area (TPSA) is 109 Å². The summed E-state index contributed by atoms with van der Waals surface area (Å²) in [5.41, 5.74) is 3.51. The molecule has 0 spiro atoms. The number of anilines is 2.